The van der Waals surface area contributed by atoms with E-state index in [2.05, 4.69) is 44.9 Å². The van der Waals surface area contributed by atoms with Gasteiger partial charge in [-0.3, -0.25) is 0 Å². The summed E-state index contributed by atoms with van der Waals surface area (Å²) in [4.78, 5) is 9.04. The number of nitrogens with zero attached hydrogens (tertiary/aromatic N) is 2. The van der Waals surface area contributed by atoms with Crippen molar-refractivity contribution in [3.63, 3.8) is 0 Å². The Balaban J connectivity index is 1.61. The Bertz CT molecular complexity index is 848. The Hall–Kier alpha value is -3.08. The van der Waals surface area contributed by atoms with E-state index in [0.717, 1.165) is 35.9 Å². The van der Waals surface area contributed by atoms with E-state index in [4.69, 9.17) is 4.74 Å². The second-order valence-electron chi connectivity index (χ2n) is 6.70. The molecule has 0 fully saturated rings. The van der Waals surface area contributed by atoms with Crippen LogP contribution in [0.2, 0.25) is 0 Å². The lowest BCUT2D eigenvalue weighted by Crippen LogP contribution is -2.09. The monoisotopic (exact) mass is 362 g/mol. The molecule has 0 spiro atoms. The first-order valence-corrected chi connectivity index (χ1v) is 9.26. The maximum absolute atomic E-state index is 5.67. The molecule has 140 valence electrons. The Kier molecular flexibility index (Phi) is 6.26. The third-order valence-electron chi connectivity index (χ3n) is 3.90. The molecule has 3 rings (SSSR count). The van der Waals surface area contributed by atoms with Crippen LogP contribution in [0.15, 0.2) is 60.7 Å². The molecule has 0 amide bonds. The fourth-order valence-electron chi connectivity index (χ4n) is 2.71. The summed E-state index contributed by atoms with van der Waals surface area (Å²) >= 11 is 0. The number of anilines is 3. The predicted molar refractivity (Wildman–Crippen MR) is 111 cm³/mol. The highest BCUT2D eigenvalue weighted by Crippen LogP contribution is 2.20. The van der Waals surface area contributed by atoms with Crippen LogP contribution in [-0.4, -0.2) is 22.6 Å². The third kappa shape index (κ3) is 5.99. The van der Waals surface area contributed by atoms with Gasteiger partial charge in [0.2, 0.25) is 5.95 Å². The van der Waals surface area contributed by atoms with Crippen molar-refractivity contribution in [3.05, 3.63) is 71.9 Å². The van der Waals surface area contributed by atoms with Gasteiger partial charge in [-0.25, -0.2) is 4.98 Å². The number of aryl methyl sites for hydroxylation is 1. The molecule has 27 heavy (non-hydrogen) atoms. The van der Waals surface area contributed by atoms with Gasteiger partial charge in [-0.2, -0.15) is 4.98 Å². The first kappa shape index (κ1) is 18.7. The number of benzene rings is 2. The molecule has 2 N–H and O–H groups in total. The van der Waals surface area contributed by atoms with Gasteiger partial charge in [-0.1, -0.05) is 30.3 Å². The summed E-state index contributed by atoms with van der Waals surface area (Å²) in [6.07, 6.45) is 1.11. The number of nitrogens with one attached hydrogen (secondary N) is 2. The van der Waals surface area contributed by atoms with Crippen molar-refractivity contribution in [2.45, 2.75) is 33.3 Å². The minimum Gasteiger partial charge on any atom is -0.491 e. The van der Waals surface area contributed by atoms with Crippen molar-refractivity contribution >= 4 is 17.5 Å². The molecule has 2 aromatic carbocycles. The van der Waals surface area contributed by atoms with Crippen LogP contribution < -0.4 is 15.4 Å². The summed E-state index contributed by atoms with van der Waals surface area (Å²) in [7, 11) is 0. The lowest BCUT2D eigenvalue weighted by molar-refractivity contribution is 0.242. The molecule has 0 atom stereocenters. The van der Waals surface area contributed by atoms with Gasteiger partial charge in [0.1, 0.15) is 11.6 Å². The van der Waals surface area contributed by atoms with E-state index < -0.39 is 0 Å². The molecule has 0 aliphatic rings. The zero-order chi connectivity index (χ0) is 19.1. The third-order valence-corrected chi connectivity index (χ3v) is 3.90. The number of hydrogen-bond donors (Lipinski definition) is 2. The zero-order valence-electron chi connectivity index (χ0n) is 16.1. The molecular weight excluding hydrogens is 336 g/mol. The number of rotatable bonds is 8. The predicted octanol–water partition coefficient (Wildman–Crippen LogP) is 4.97. The highest BCUT2D eigenvalue weighted by Gasteiger charge is 2.04. The maximum Gasteiger partial charge on any atom is 0.229 e. The first-order chi connectivity index (χ1) is 13.1. The zero-order valence-corrected chi connectivity index (χ0v) is 16.1. The molecule has 0 aliphatic carbocycles. The average Bonchev–Trinajstić information content (AvgIpc) is 2.63. The highest BCUT2D eigenvalue weighted by atomic mass is 16.5. The van der Waals surface area contributed by atoms with Crippen LogP contribution in [0.3, 0.4) is 0 Å². The van der Waals surface area contributed by atoms with Crippen molar-refractivity contribution in [2.75, 3.05) is 17.2 Å². The van der Waals surface area contributed by atoms with Gasteiger partial charge in [-0.05, 0) is 57.0 Å². The van der Waals surface area contributed by atoms with Crippen LogP contribution in [0.25, 0.3) is 0 Å². The quantitative estimate of drug-likeness (QED) is 0.592. The van der Waals surface area contributed by atoms with Crippen LogP contribution >= 0.6 is 0 Å². The molecule has 5 nitrogen and oxygen atoms in total. The SMILES string of the molecule is Cc1cc(NCCc2ccccc2)nc(Nc2ccc(OC(C)C)cc2)n1. The van der Waals surface area contributed by atoms with Crippen LogP contribution in [0.4, 0.5) is 17.5 Å². The fourth-order valence-corrected chi connectivity index (χ4v) is 2.71. The molecule has 0 bridgehead atoms. The van der Waals surface area contributed by atoms with Gasteiger partial charge < -0.3 is 15.4 Å². The molecular formula is C22H26N4O. The Morgan fingerprint density at radius 1 is 0.963 bits per heavy atom. The summed E-state index contributed by atoms with van der Waals surface area (Å²) < 4.78 is 5.67. The second-order valence-corrected chi connectivity index (χ2v) is 6.70. The van der Waals surface area contributed by atoms with Crippen LogP contribution in [0.1, 0.15) is 25.1 Å². The standard InChI is InChI=1S/C22H26N4O/c1-16(2)27-20-11-9-19(10-12-20)25-22-24-17(3)15-21(26-22)23-14-13-18-7-5-4-6-8-18/h4-12,15-16H,13-14H2,1-3H3,(H2,23,24,25,26). The van der Waals surface area contributed by atoms with E-state index in [1.807, 2.05) is 57.2 Å². The van der Waals surface area contributed by atoms with E-state index in [-0.39, 0.29) is 6.10 Å². The molecule has 0 saturated carbocycles. The van der Waals surface area contributed by atoms with E-state index in [1.165, 1.54) is 5.56 Å². The van der Waals surface area contributed by atoms with Crippen LogP contribution in [0.5, 0.6) is 5.75 Å². The molecule has 0 aliphatic heterocycles. The summed E-state index contributed by atoms with van der Waals surface area (Å²) in [6, 6.07) is 20.2. The normalized spacial score (nSPS) is 10.7. The number of ether oxygens (including phenoxy) is 1. The van der Waals surface area contributed by atoms with Crippen molar-refractivity contribution in [3.8, 4) is 5.75 Å². The largest absolute Gasteiger partial charge is 0.491 e. The van der Waals surface area contributed by atoms with Gasteiger partial charge >= 0.3 is 0 Å². The Morgan fingerprint density at radius 2 is 1.70 bits per heavy atom. The minimum atomic E-state index is 0.161. The molecule has 5 heteroatoms. The average molecular weight is 362 g/mol. The fraction of sp³-hybridized carbons (Fsp3) is 0.273. The van der Waals surface area contributed by atoms with Crippen LogP contribution in [-0.2, 0) is 6.42 Å². The molecule has 1 heterocycles. The van der Waals surface area contributed by atoms with Crippen molar-refractivity contribution in [1.29, 1.82) is 0 Å². The lowest BCUT2D eigenvalue weighted by atomic mass is 10.1. The summed E-state index contributed by atoms with van der Waals surface area (Å²) in [5.41, 5.74) is 3.14. The molecule has 0 radical (unpaired) electrons. The van der Waals surface area contributed by atoms with Gasteiger partial charge in [0.05, 0.1) is 6.10 Å². The number of hydrogen-bond acceptors (Lipinski definition) is 5. The Labute approximate surface area is 160 Å². The maximum atomic E-state index is 5.67. The van der Waals surface area contributed by atoms with Crippen molar-refractivity contribution in [1.82, 2.24) is 9.97 Å². The van der Waals surface area contributed by atoms with Gasteiger partial charge in [-0.15, -0.1) is 0 Å². The summed E-state index contributed by atoms with van der Waals surface area (Å²) in [5.74, 6) is 2.25. The smallest absolute Gasteiger partial charge is 0.229 e. The summed E-state index contributed by atoms with van der Waals surface area (Å²) in [6.45, 7) is 6.81. The van der Waals surface area contributed by atoms with Gasteiger partial charge in [0.15, 0.2) is 0 Å². The van der Waals surface area contributed by atoms with Crippen LogP contribution in [0, 0.1) is 6.92 Å². The minimum absolute atomic E-state index is 0.161. The van der Waals surface area contributed by atoms with Gasteiger partial charge in [0, 0.05) is 24.0 Å². The molecule has 0 saturated heterocycles. The van der Waals surface area contributed by atoms with Gasteiger partial charge in [0.25, 0.3) is 0 Å². The van der Waals surface area contributed by atoms with E-state index in [9.17, 15) is 0 Å². The molecule has 1 aromatic heterocycles. The van der Waals surface area contributed by atoms with Crippen molar-refractivity contribution < 1.29 is 4.74 Å². The molecule has 3 aromatic rings. The first-order valence-electron chi connectivity index (χ1n) is 9.26. The lowest BCUT2D eigenvalue weighted by Gasteiger charge is -2.12. The number of aromatic nitrogens is 2. The second kappa shape index (κ2) is 9.03. The molecule has 0 unspecified atom stereocenters. The topological polar surface area (TPSA) is 59.1 Å². The van der Waals surface area contributed by atoms with E-state index in [0.29, 0.717) is 5.95 Å². The van der Waals surface area contributed by atoms with E-state index >= 15 is 0 Å². The Morgan fingerprint density at radius 3 is 2.41 bits per heavy atom. The highest BCUT2D eigenvalue weighted by molar-refractivity contribution is 5.56. The summed E-state index contributed by atoms with van der Waals surface area (Å²) in [5, 5.41) is 6.64. The van der Waals surface area contributed by atoms with E-state index in [1.54, 1.807) is 0 Å². The van der Waals surface area contributed by atoms with Crippen molar-refractivity contribution in [2.24, 2.45) is 0 Å².